The number of nitrogens with two attached hydrogens (primary N) is 1. The maximum absolute atomic E-state index is 11.8. The molecule has 2 aromatic carbocycles. The smallest absolute Gasteiger partial charge is 0.239 e. The molecule has 3 rings (SSSR count). The number of hydrogen-bond acceptors (Lipinski definition) is 4. The van der Waals surface area contributed by atoms with Crippen molar-refractivity contribution in [2.75, 3.05) is 0 Å². The molecule has 0 amide bonds. The van der Waals surface area contributed by atoms with Gasteiger partial charge in [0.15, 0.2) is 4.80 Å². The predicted octanol–water partition coefficient (Wildman–Crippen LogP) is 4.16. The maximum Gasteiger partial charge on any atom is 0.239 e. The third-order valence-electron chi connectivity index (χ3n) is 3.76. The van der Waals surface area contributed by atoms with Gasteiger partial charge in [-0.05, 0) is 30.7 Å². The van der Waals surface area contributed by atoms with E-state index in [1.165, 1.54) is 17.4 Å². The number of aromatic nitrogens is 1. The van der Waals surface area contributed by atoms with Crippen LogP contribution in [0.2, 0.25) is 5.02 Å². The fourth-order valence-electron chi connectivity index (χ4n) is 2.58. The molecule has 0 saturated carbocycles. The first-order valence-electron chi connectivity index (χ1n) is 8.01. The summed E-state index contributed by atoms with van der Waals surface area (Å²) >= 11 is 7.51. The number of benzene rings is 2. The molecule has 0 spiro atoms. The van der Waals surface area contributed by atoms with E-state index in [1.54, 1.807) is 12.1 Å². The number of nitrogens with zero attached hydrogens (tertiary/aromatic N) is 2. The van der Waals surface area contributed by atoms with Gasteiger partial charge in [-0.1, -0.05) is 42.8 Å². The molecule has 1 aromatic heterocycles. The average molecular weight is 408 g/mol. The van der Waals surface area contributed by atoms with Gasteiger partial charge in [-0.25, -0.2) is 18.5 Å². The zero-order valence-corrected chi connectivity index (χ0v) is 16.5. The minimum Gasteiger partial charge on any atom is -0.316 e. The van der Waals surface area contributed by atoms with Gasteiger partial charge < -0.3 is 4.57 Å². The van der Waals surface area contributed by atoms with Crippen LogP contribution in [-0.2, 0) is 16.6 Å². The Bertz CT molecular complexity index is 1090. The molecule has 5 nitrogen and oxygen atoms in total. The Balaban J connectivity index is 2.17. The molecule has 0 aliphatic heterocycles. The lowest BCUT2D eigenvalue weighted by Crippen LogP contribution is -2.16. The lowest BCUT2D eigenvalue weighted by molar-refractivity contribution is 0.598. The van der Waals surface area contributed by atoms with Crippen LogP contribution >= 0.6 is 22.9 Å². The highest BCUT2D eigenvalue weighted by Gasteiger charge is 2.16. The molecular formula is C18H18ClN3O2S2. The maximum atomic E-state index is 11.8. The summed E-state index contributed by atoms with van der Waals surface area (Å²) in [4.78, 5) is 5.48. The molecular weight excluding hydrogens is 390 g/mol. The molecule has 0 unspecified atom stereocenters. The molecule has 0 bridgehead atoms. The van der Waals surface area contributed by atoms with E-state index < -0.39 is 10.0 Å². The van der Waals surface area contributed by atoms with Crippen LogP contribution < -0.4 is 9.94 Å². The first-order valence-corrected chi connectivity index (χ1v) is 10.8. The number of primary sulfonamides is 1. The van der Waals surface area contributed by atoms with Crippen molar-refractivity contribution in [2.45, 2.75) is 24.8 Å². The van der Waals surface area contributed by atoms with Gasteiger partial charge in [-0.15, -0.1) is 11.3 Å². The van der Waals surface area contributed by atoms with E-state index in [4.69, 9.17) is 21.7 Å². The molecule has 26 heavy (non-hydrogen) atoms. The number of thiazole rings is 1. The fraction of sp³-hybridized carbons (Fsp3) is 0.167. The second-order valence-corrected chi connectivity index (χ2v) is 8.47. The van der Waals surface area contributed by atoms with E-state index in [2.05, 4.69) is 11.5 Å². The molecule has 3 aromatic rings. The normalized spacial score (nSPS) is 12.5. The van der Waals surface area contributed by atoms with Crippen LogP contribution in [0.5, 0.6) is 0 Å². The summed E-state index contributed by atoms with van der Waals surface area (Å²) in [6, 6.07) is 14.6. The highest BCUT2D eigenvalue weighted by atomic mass is 35.5. The molecule has 0 aliphatic rings. The van der Waals surface area contributed by atoms with Crippen molar-refractivity contribution in [2.24, 2.45) is 10.1 Å². The summed E-state index contributed by atoms with van der Waals surface area (Å²) in [7, 11) is -3.89. The molecule has 1 heterocycles. The molecule has 136 valence electrons. The SMILES string of the molecule is CCCn1c(-c2ccc(Cl)c(S(N)(=O)=O)c2)cs/c1=N/c1ccccc1. The topological polar surface area (TPSA) is 77.5 Å². The lowest BCUT2D eigenvalue weighted by atomic mass is 10.1. The third kappa shape index (κ3) is 4.07. The number of para-hydroxylation sites is 1. The first-order chi connectivity index (χ1) is 12.4. The summed E-state index contributed by atoms with van der Waals surface area (Å²) in [5.41, 5.74) is 2.48. The molecule has 2 N–H and O–H groups in total. The van der Waals surface area contributed by atoms with Crippen molar-refractivity contribution in [3.63, 3.8) is 0 Å². The molecule has 8 heteroatoms. The van der Waals surface area contributed by atoms with Crippen LogP contribution in [0.1, 0.15) is 13.3 Å². The Hall–Kier alpha value is -1.93. The highest BCUT2D eigenvalue weighted by Crippen LogP contribution is 2.28. The molecule has 0 atom stereocenters. The Morgan fingerprint density at radius 1 is 1.19 bits per heavy atom. The average Bonchev–Trinajstić information content (AvgIpc) is 2.98. The van der Waals surface area contributed by atoms with Gasteiger partial charge in [0.05, 0.1) is 16.4 Å². The minimum atomic E-state index is -3.89. The van der Waals surface area contributed by atoms with E-state index in [0.717, 1.165) is 34.7 Å². The number of hydrogen-bond donors (Lipinski definition) is 1. The van der Waals surface area contributed by atoms with Gasteiger partial charge in [-0.3, -0.25) is 0 Å². The molecule has 0 fully saturated rings. The van der Waals surface area contributed by atoms with Gasteiger partial charge in [0, 0.05) is 17.5 Å². The largest absolute Gasteiger partial charge is 0.316 e. The Kier molecular flexibility index (Phi) is 5.62. The first kappa shape index (κ1) is 18.8. The van der Waals surface area contributed by atoms with E-state index in [-0.39, 0.29) is 9.92 Å². The molecule has 0 aliphatic carbocycles. The van der Waals surface area contributed by atoms with Crippen LogP contribution in [0.15, 0.2) is 63.8 Å². The van der Waals surface area contributed by atoms with Crippen LogP contribution in [0, 0.1) is 0 Å². The lowest BCUT2D eigenvalue weighted by Gasteiger charge is -2.10. The van der Waals surface area contributed by atoms with E-state index in [1.807, 2.05) is 35.7 Å². The van der Waals surface area contributed by atoms with Gasteiger partial charge in [0.2, 0.25) is 10.0 Å². The van der Waals surface area contributed by atoms with Crippen LogP contribution in [0.25, 0.3) is 11.3 Å². The van der Waals surface area contributed by atoms with Crippen molar-refractivity contribution in [1.29, 1.82) is 0 Å². The van der Waals surface area contributed by atoms with Gasteiger partial charge in [-0.2, -0.15) is 0 Å². The minimum absolute atomic E-state index is 0.0764. The fourth-order valence-corrected chi connectivity index (χ4v) is 4.61. The van der Waals surface area contributed by atoms with Gasteiger partial charge in [0.25, 0.3) is 0 Å². The van der Waals surface area contributed by atoms with E-state index >= 15 is 0 Å². The quantitative estimate of drug-likeness (QED) is 0.689. The van der Waals surface area contributed by atoms with Gasteiger partial charge in [0.1, 0.15) is 4.90 Å². The zero-order chi connectivity index (χ0) is 18.7. The zero-order valence-electron chi connectivity index (χ0n) is 14.1. The summed E-state index contributed by atoms with van der Waals surface area (Å²) in [5.74, 6) is 0. The number of rotatable bonds is 5. The Labute approximate surface area is 161 Å². The van der Waals surface area contributed by atoms with Crippen molar-refractivity contribution in [3.8, 4) is 11.3 Å². The van der Waals surface area contributed by atoms with Crippen LogP contribution in [-0.4, -0.2) is 13.0 Å². The highest BCUT2D eigenvalue weighted by molar-refractivity contribution is 7.89. The van der Waals surface area contributed by atoms with Gasteiger partial charge >= 0.3 is 0 Å². The van der Waals surface area contributed by atoms with Crippen LogP contribution in [0.3, 0.4) is 0 Å². The summed E-state index contributed by atoms with van der Waals surface area (Å²) < 4.78 is 25.6. The number of sulfonamides is 1. The third-order valence-corrected chi connectivity index (χ3v) is 6.02. The van der Waals surface area contributed by atoms with Crippen LogP contribution in [0.4, 0.5) is 5.69 Å². The molecule has 0 radical (unpaired) electrons. The monoisotopic (exact) mass is 407 g/mol. The van der Waals surface area contributed by atoms with Crippen molar-refractivity contribution in [3.05, 3.63) is 63.7 Å². The second-order valence-electron chi connectivity index (χ2n) is 5.69. The van der Waals surface area contributed by atoms with Crippen molar-refractivity contribution in [1.82, 2.24) is 4.57 Å². The van der Waals surface area contributed by atoms with E-state index in [0.29, 0.717) is 0 Å². The predicted molar refractivity (Wildman–Crippen MR) is 106 cm³/mol. The number of halogens is 1. The standard InChI is InChI=1S/C18H18ClN3O2S2/c1-2-10-22-16(12-25-18(22)21-14-6-4-3-5-7-14)13-8-9-15(19)17(11-13)26(20,23)24/h3-9,11-12H,2,10H2,1H3,(H2,20,23,24)/b21-18+. The summed E-state index contributed by atoms with van der Waals surface area (Å²) in [5, 5.41) is 7.35. The van der Waals surface area contributed by atoms with Crippen molar-refractivity contribution >= 4 is 38.6 Å². The van der Waals surface area contributed by atoms with Crippen molar-refractivity contribution < 1.29 is 8.42 Å². The molecule has 0 saturated heterocycles. The second kappa shape index (κ2) is 7.75. The summed E-state index contributed by atoms with van der Waals surface area (Å²) in [6.07, 6.45) is 0.918. The Morgan fingerprint density at radius 2 is 1.92 bits per heavy atom. The Morgan fingerprint density at radius 3 is 2.58 bits per heavy atom. The summed E-state index contributed by atoms with van der Waals surface area (Å²) in [6.45, 7) is 2.84. The van der Waals surface area contributed by atoms with E-state index in [9.17, 15) is 8.42 Å².